The molecule has 1 heterocycles. The molecule has 3 aromatic rings. The largest absolute Gasteiger partial charge is 0.493 e. The van der Waals surface area contributed by atoms with Crippen molar-refractivity contribution in [2.24, 2.45) is 0 Å². The molecule has 1 aromatic heterocycles. The smallest absolute Gasteiger partial charge is 0.258 e. The standard InChI is InChI=1S/C23H27N3O5/c1-4-26(13-22-24-19-8-6-5-7-18(19)23(29)25-22)12-17(28)14-31-20-10-9-16(15(2)27)11-21(20)30-3/h5-11,17,28H,4,12-14H2,1-3H3,(H,24,25,29)/p+1/t17-/m1/s1. The predicted molar refractivity (Wildman–Crippen MR) is 117 cm³/mol. The van der Waals surface area contributed by atoms with Crippen LogP contribution < -0.4 is 19.9 Å². The molecule has 2 atom stereocenters. The van der Waals surface area contributed by atoms with Crippen LogP contribution in [0.3, 0.4) is 0 Å². The van der Waals surface area contributed by atoms with Gasteiger partial charge in [-0.15, -0.1) is 0 Å². The molecule has 0 aliphatic heterocycles. The molecule has 0 aliphatic rings. The van der Waals surface area contributed by atoms with Crippen molar-refractivity contribution in [3.63, 3.8) is 0 Å². The summed E-state index contributed by atoms with van der Waals surface area (Å²) in [5.74, 6) is 1.42. The summed E-state index contributed by atoms with van der Waals surface area (Å²) in [5, 5.41) is 11.0. The van der Waals surface area contributed by atoms with E-state index < -0.39 is 6.10 Å². The lowest BCUT2D eigenvalue weighted by Gasteiger charge is -2.21. The normalized spacial score (nSPS) is 13.0. The number of carbonyl (C=O) groups excluding carboxylic acids is 1. The number of hydrogen-bond donors (Lipinski definition) is 3. The number of Topliss-reactive ketones (excluding diaryl/α,β-unsaturated/α-hetero) is 1. The molecule has 8 heteroatoms. The highest BCUT2D eigenvalue weighted by Crippen LogP contribution is 2.28. The van der Waals surface area contributed by atoms with Crippen molar-refractivity contribution in [1.29, 1.82) is 0 Å². The number of rotatable bonds is 10. The maximum atomic E-state index is 12.3. The summed E-state index contributed by atoms with van der Waals surface area (Å²) < 4.78 is 11.0. The summed E-state index contributed by atoms with van der Waals surface area (Å²) >= 11 is 0. The van der Waals surface area contributed by atoms with Gasteiger partial charge in [-0.25, -0.2) is 4.98 Å². The number of H-pyrrole nitrogens is 1. The fourth-order valence-electron chi connectivity index (χ4n) is 3.38. The number of carbonyl (C=O) groups is 1. The van der Waals surface area contributed by atoms with Crippen molar-refractivity contribution in [2.45, 2.75) is 26.5 Å². The number of aliphatic hydroxyl groups is 1. The molecule has 164 valence electrons. The molecule has 0 saturated carbocycles. The highest BCUT2D eigenvalue weighted by atomic mass is 16.5. The van der Waals surface area contributed by atoms with Crippen molar-refractivity contribution >= 4 is 16.7 Å². The Morgan fingerprint density at radius 3 is 2.71 bits per heavy atom. The third kappa shape index (κ3) is 5.68. The maximum Gasteiger partial charge on any atom is 0.258 e. The quantitative estimate of drug-likeness (QED) is 0.418. The predicted octanol–water partition coefficient (Wildman–Crippen LogP) is 0.979. The minimum atomic E-state index is -0.737. The molecule has 31 heavy (non-hydrogen) atoms. The van der Waals surface area contributed by atoms with Crippen LogP contribution in [-0.2, 0) is 6.54 Å². The molecule has 0 aliphatic carbocycles. The topological polar surface area (TPSA) is 106 Å². The van der Waals surface area contributed by atoms with Gasteiger partial charge in [0, 0.05) is 5.56 Å². The number of fused-ring (bicyclic) bond motifs is 1. The number of quaternary nitrogens is 1. The minimum absolute atomic E-state index is 0.0626. The van der Waals surface area contributed by atoms with Crippen LogP contribution >= 0.6 is 0 Å². The number of methoxy groups -OCH3 is 1. The number of ketones is 1. The molecule has 0 saturated heterocycles. The fourth-order valence-corrected chi connectivity index (χ4v) is 3.38. The van der Waals surface area contributed by atoms with Crippen LogP contribution in [0.2, 0.25) is 0 Å². The number of ether oxygens (including phenoxy) is 2. The van der Waals surface area contributed by atoms with Gasteiger partial charge in [0.25, 0.3) is 5.56 Å². The second kappa shape index (κ2) is 10.2. The summed E-state index contributed by atoms with van der Waals surface area (Å²) in [4.78, 5) is 32.2. The Kier molecular flexibility index (Phi) is 7.38. The Morgan fingerprint density at radius 1 is 1.23 bits per heavy atom. The van der Waals surface area contributed by atoms with Gasteiger partial charge in [-0.2, -0.15) is 0 Å². The molecule has 1 unspecified atom stereocenters. The lowest BCUT2D eigenvalue weighted by atomic mass is 10.1. The van der Waals surface area contributed by atoms with E-state index in [0.717, 1.165) is 11.4 Å². The van der Waals surface area contributed by atoms with Crippen LogP contribution in [0.5, 0.6) is 11.5 Å². The van der Waals surface area contributed by atoms with Crippen molar-refractivity contribution in [1.82, 2.24) is 9.97 Å². The SMILES string of the molecule is CC[NH+](Cc1nc2ccccc2c(=O)[nH]1)C[C@@H](O)COc1ccc(C(C)=O)cc1OC. The third-order valence-electron chi connectivity index (χ3n) is 5.11. The molecule has 0 fully saturated rings. The highest BCUT2D eigenvalue weighted by Gasteiger charge is 2.18. The van der Waals surface area contributed by atoms with Gasteiger partial charge in [-0.05, 0) is 44.2 Å². The van der Waals surface area contributed by atoms with E-state index in [4.69, 9.17) is 9.47 Å². The Balaban J connectivity index is 1.62. The summed E-state index contributed by atoms with van der Waals surface area (Å²) in [6.45, 7) is 5.20. The van der Waals surface area contributed by atoms with E-state index in [2.05, 4.69) is 9.97 Å². The Hall–Kier alpha value is -3.23. The molecule has 2 aromatic carbocycles. The zero-order chi connectivity index (χ0) is 22.4. The van der Waals surface area contributed by atoms with Crippen molar-refractivity contribution in [2.75, 3.05) is 26.8 Å². The van der Waals surface area contributed by atoms with Crippen LogP contribution in [0.15, 0.2) is 47.3 Å². The lowest BCUT2D eigenvalue weighted by Crippen LogP contribution is -3.11. The average Bonchev–Trinajstić information content (AvgIpc) is 2.77. The first-order valence-corrected chi connectivity index (χ1v) is 10.2. The summed E-state index contributed by atoms with van der Waals surface area (Å²) in [5.41, 5.74) is 1.02. The first-order chi connectivity index (χ1) is 14.9. The molecule has 0 radical (unpaired) electrons. The van der Waals surface area contributed by atoms with Gasteiger partial charge in [0.1, 0.15) is 25.8 Å². The van der Waals surface area contributed by atoms with Gasteiger partial charge >= 0.3 is 0 Å². The first kappa shape index (κ1) is 22.5. The van der Waals surface area contributed by atoms with Gasteiger partial charge in [0.15, 0.2) is 23.1 Å². The number of aromatic amines is 1. The van der Waals surface area contributed by atoms with Gasteiger partial charge in [-0.3, -0.25) is 9.59 Å². The minimum Gasteiger partial charge on any atom is -0.493 e. The number of benzene rings is 2. The molecule has 0 amide bonds. The Bertz CT molecular complexity index is 1110. The van der Waals surface area contributed by atoms with E-state index in [1.807, 2.05) is 25.1 Å². The van der Waals surface area contributed by atoms with E-state index >= 15 is 0 Å². The van der Waals surface area contributed by atoms with Crippen LogP contribution in [0.25, 0.3) is 10.9 Å². The molecule has 0 spiro atoms. The van der Waals surface area contributed by atoms with Gasteiger partial charge in [0.2, 0.25) is 0 Å². The van der Waals surface area contributed by atoms with E-state index in [1.165, 1.54) is 14.0 Å². The summed E-state index contributed by atoms with van der Waals surface area (Å²) in [6, 6.07) is 12.2. The Labute approximate surface area is 180 Å². The number of aliphatic hydroxyl groups excluding tert-OH is 1. The number of para-hydroxylation sites is 1. The fraction of sp³-hybridized carbons (Fsp3) is 0.348. The molecule has 8 nitrogen and oxygen atoms in total. The van der Waals surface area contributed by atoms with E-state index in [1.54, 1.807) is 24.3 Å². The monoisotopic (exact) mass is 426 g/mol. The average molecular weight is 426 g/mol. The van der Waals surface area contributed by atoms with Crippen molar-refractivity contribution in [3.05, 3.63) is 64.2 Å². The number of nitrogens with one attached hydrogen (secondary N) is 2. The summed E-state index contributed by atoms with van der Waals surface area (Å²) in [7, 11) is 1.50. The maximum absolute atomic E-state index is 12.3. The molecule has 0 bridgehead atoms. The Morgan fingerprint density at radius 2 is 2.00 bits per heavy atom. The molecule has 3 rings (SSSR count). The third-order valence-corrected chi connectivity index (χ3v) is 5.11. The van der Waals surface area contributed by atoms with Crippen LogP contribution in [-0.4, -0.2) is 53.8 Å². The number of likely N-dealkylation sites (N-methyl/N-ethyl adjacent to an activating group) is 1. The molecule has 3 N–H and O–H groups in total. The first-order valence-electron chi connectivity index (χ1n) is 10.2. The second-order valence-electron chi connectivity index (χ2n) is 7.40. The molecular weight excluding hydrogens is 398 g/mol. The van der Waals surface area contributed by atoms with Crippen molar-refractivity contribution in [3.8, 4) is 11.5 Å². The van der Waals surface area contributed by atoms with E-state index in [9.17, 15) is 14.7 Å². The van der Waals surface area contributed by atoms with Crippen molar-refractivity contribution < 1.29 is 24.3 Å². The van der Waals surface area contributed by atoms with Gasteiger partial charge in [0.05, 0.1) is 24.6 Å². The second-order valence-corrected chi connectivity index (χ2v) is 7.40. The van der Waals surface area contributed by atoms with E-state index in [0.29, 0.717) is 46.9 Å². The molecular formula is C23H28N3O5+. The zero-order valence-corrected chi connectivity index (χ0v) is 18.0. The summed E-state index contributed by atoms with van der Waals surface area (Å²) in [6.07, 6.45) is -0.737. The van der Waals surface area contributed by atoms with E-state index in [-0.39, 0.29) is 17.9 Å². The number of nitrogens with zero attached hydrogens (tertiary/aromatic N) is 1. The van der Waals surface area contributed by atoms with Crippen LogP contribution in [0.1, 0.15) is 30.0 Å². The lowest BCUT2D eigenvalue weighted by molar-refractivity contribution is -0.915. The number of hydrogen-bond acceptors (Lipinski definition) is 6. The zero-order valence-electron chi connectivity index (χ0n) is 18.0. The van der Waals surface area contributed by atoms with Crippen LogP contribution in [0.4, 0.5) is 0 Å². The number of aromatic nitrogens is 2. The van der Waals surface area contributed by atoms with Gasteiger partial charge < -0.3 is 24.5 Å². The van der Waals surface area contributed by atoms with Gasteiger partial charge in [-0.1, -0.05) is 12.1 Å². The van der Waals surface area contributed by atoms with Crippen LogP contribution in [0, 0.1) is 0 Å². The highest BCUT2D eigenvalue weighted by molar-refractivity contribution is 5.94.